The SMILES string of the molecule is CCn1c(CSc2ccc(C)cc2)nnc1SCC(=O)Nc1cccc(C(F)(F)F)c1. The van der Waals surface area contributed by atoms with Gasteiger partial charge in [-0.2, -0.15) is 13.2 Å². The molecule has 0 aliphatic heterocycles. The number of thioether (sulfide) groups is 2. The van der Waals surface area contributed by atoms with Crippen LogP contribution in [0, 0.1) is 6.92 Å². The van der Waals surface area contributed by atoms with E-state index in [1.165, 1.54) is 29.5 Å². The molecule has 0 unspecified atom stereocenters. The van der Waals surface area contributed by atoms with Crippen molar-refractivity contribution >= 4 is 35.1 Å². The lowest BCUT2D eigenvalue weighted by atomic mass is 10.2. The Kier molecular flexibility index (Phi) is 7.66. The van der Waals surface area contributed by atoms with E-state index in [0.29, 0.717) is 17.5 Å². The van der Waals surface area contributed by atoms with Crippen LogP contribution in [-0.2, 0) is 23.3 Å². The molecule has 0 saturated heterocycles. The van der Waals surface area contributed by atoms with E-state index in [1.807, 2.05) is 18.4 Å². The summed E-state index contributed by atoms with van der Waals surface area (Å²) in [6.45, 7) is 4.65. The summed E-state index contributed by atoms with van der Waals surface area (Å²) >= 11 is 2.85. The first-order valence-electron chi connectivity index (χ1n) is 9.47. The number of carbonyl (C=O) groups excluding carboxylic acids is 1. The van der Waals surface area contributed by atoms with Gasteiger partial charge in [-0.3, -0.25) is 4.79 Å². The Labute approximate surface area is 186 Å². The summed E-state index contributed by atoms with van der Waals surface area (Å²) in [6.07, 6.45) is -4.46. The lowest BCUT2D eigenvalue weighted by Crippen LogP contribution is -2.15. The van der Waals surface area contributed by atoms with E-state index in [4.69, 9.17) is 0 Å². The molecule has 0 radical (unpaired) electrons. The number of nitrogens with zero attached hydrogens (tertiary/aromatic N) is 3. The average Bonchev–Trinajstić information content (AvgIpc) is 3.13. The predicted octanol–water partition coefficient (Wildman–Crippen LogP) is 5.65. The number of hydrogen-bond acceptors (Lipinski definition) is 5. The molecule has 3 rings (SSSR count). The van der Waals surface area contributed by atoms with Gasteiger partial charge in [0, 0.05) is 17.1 Å². The highest BCUT2D eigenvalue weighted by molar-refractivity contribution is 7.99. The number of rotatable bonds is 8. The van der Waals surface area contributed by atoms with Crippen molar-refractivity contribution in [1.82, 2.24) is 14.8 Å². The lowest BCUT2D eigenvalue weighted by molar-refractivity contribution is -0.137. The molecule has 3 aromatic rings. The maximum atomic E-state index is 12.8. The topological polar surface area (TPSA) is 59.8 Å². The van der Waals surface area contributed by atoms with Crippen LogP contribution in [0.15, 0.2) is 58.6 Å². The molecule has 0 aliphatic rings. The fourth-order valence-electron chi connectivity index (χ4n) is 2.73. The minimum Gasteiger partial charge on any atom is -0.325 e. The van der Waals surface area contributed by atoms with Gasteiger partial charge in [-0.15, -0.1) is 22.0 Å². The standard InChI is InChI=1S/C21H21F3N4OS2/c1-3-28-18(12-30-17-9-7-14(2)8-10-17)26-27-20(28)31-13-19(29)25-16-6-4-5-15(11-16)21(22,23)24/h4-11H,3,12-13H2,1-2H3,(H,25,29). The summed E-state index contributed by atoms with van der Waals surface area (Å²) in [5, 5.41) is 11.5. The van der Waals surface area contributed by atoms with Crippen LogP contribution in [0.1, 0.15) is 23.9 Å². The maximum Gasteiger partial charge on any atom is 0.416 e. The Morgan fingerprint density at radius 3 is 2.52 bits per heavy atom. The monoisotopic (exact) mass is 466 g/mol. The molecule has 0 spiro atoms. The van der Waals surface area contributed by atoms with Gasteiger partial charge in [0.15, 0.2) is 5.16 Å². The molecule has 31 heavy (non-hydrogen) atoms. The number of benzene rings is 2. The van der Waals surface area contributed by atoms with Gasteiger partial charge in [-0.25, -0.2) is 0 Å². The number of aromatic nitrogens is 3. The fraction of sp³-hybridized carbons (Fsp3) is 0.286. The first-order valence-corrected chi connectivity index (χ1v) is 11.4. The van der Waals surface area contributed by atoms with Gasteiger partial charge in [0.25, 0.3) is 0 Å². The second kappa shape index (κ2) is 10.2. The zero-order valence-electron chi connectivity index (χ0n) is 16.9. The quantitative estimate of drug-likeness (QED) is 0.435. The summed E-state index contributed by atoms with van der Waals surface area (Å²) in [7, 11) is 0. The largest absolute Gasteiger partial charge is 0.416 e. The lowest BCUT2D eigenvalue weighted by Gasteiger charge is -2.10. The van der Waals surface area contributed by atoms with Crippen molar-refractivity contribution in [2.45, 2.75) is 42.4 Å². The van der Waals surface area contributed by atoms with Crippen molar-refractivity contribution in [3.05, 3.63) is 65.5 Å². The maximum absolute atomic E-state index is 12.8. The number of alkyl halides is 3. The molecule has 0 atom stereocenters. The minimum absolute atomic E-state index is 0.0134. The van der Waals surface area contributed by atoms with Crippen molar-refractivity contribution in [2.75, 3.05) is 11.1 Å². The molecule has 10 heteroatoms. The Balaban J connectivity index is 1.57. The minimum atomic E-state index is -4.46. The summed E-state index contributed by atoms with van der Waals surface area (Å²) in [6, 6.07) is 12.8. The van der Waals surface area contributed by atoms with Crippen LogP contribution in [0.25, 0.3) is 0 Å². The van der Waals surface area contributed by atoms with E-state index >= 15 is 0 Å². The highest BCUT2D eigenvalue weighted by atomic mass is 32.2. The summed E-state index contributed by atoms with van der Waals surface area (Å²) in [4.78, 5) is 13.3. The normalized spacial score (nSPS) is 11.5. The van der Waals surface area contributed by atoms with Gasteiger partial charge in [0.2, 0.25) is 5.91 Å². The van der Waals surface area contributed by atoms with E-state index in [0.717, 1.165) is 22.9 Å². The number of amides is 1. The molecule has 1 N–H and O–H groups in total. The van der Waals surface area contributed by atoms with Crippen molar-refractivity contribution in [1.29, 1.82) is 0 Å². The van der Waals surface area contributed by atoms with Crippen LogP contribution in [0.3, 0.4) is 0 Å². The van der Waals surface area contributed by atoms with Crippen LogP contribution in [0.5, 0.6) is 0 Å². The third-order valence-corrected chi connectivity index (χ3v) is 6.28. The summed E-state index contributed by atoms with van der Waals surface area (Å²) in [5.74, 6) is 1.04. The van der Waals surface area contributed by atoms with Crippen molar-refractivity contribution in [3.63, 3.8) is 0 Å². The Bertz CT molecular complexity index is 1040. The second-order valence-corrected chi connectivity index (χ2v) is 8.65. The van der Waals surface area contributed by atoms with Gasteiger partial charge in [0.1, 0.15) is 5.82 Å². The summed E-state index contributed by atoms with van der Waals surface area (Å²) in [5.41, 5.74) is 0.495. The van der Waals surface area contributed by atoms with Crippen LogP contribution in [-0.4, -0.2) is 26.4 Å². The molecule has 0 bridgehead atoms. The first-order chi connectivity index (χ1) is 14.8. The van der Waals surface area contributed by atoms with E-state index in [2.05, 4.69) is 39.8 Å². The van der Waals surface area contributed by atoms with Gasteiger partial charge in [0.05, 0.1) is 17.1 Å². The molecule has 164 valence electrons. The molecule has 1 aromatic heterocycles. The smallest absolute Gasteiger partial charge is 0.325 e. The highest BCUT2D eigenvalue weighted by Gasteiger charge is 2.30. The molecular weight excluding hydrogens is 445 g/mol. The van der Waals surface area contributed by atoms with Crippen LogP contribution < -0.4 is 5.32 Å². The zero-order chi connectivity index (χ0) is 22.4. The van der Waals surface area contributed by atoms with Gasteiger partial charge < -0.3 is 9.88 Å². The van der Waals surface area contributed by atoms with E-state index in [1.54, 1.807) is 11.8 Å². The molecule has 0 fully saturated rings. The van der Waals surface area contributed by atoms with Gasteiger partial charge in [-0.1, -0.05) is 35.5 Å². The van der Waals surface area contributed by atoms with Crippen molar-refractivity contribution in [3.8, 4) is 0 Å². The number of carbonyl (C=O) groups is 1. The Hall–Kier alpha value is -2.46. The van der Waals surface area contributed by atoms with Crippen LogP contribution in [0.2, 0.25) is 0 Å². The van der Waals surface area contributed by atoms with Crippen LogP contribution in [0.4, 0.5) is 18.9 Å². The number of aryl methyl sites for hydroxylation is 1. The highest BCUT2D eigenvalue weighted by Crippen LogP contribution is 2.31. The Morgan fingerprint density at radius 1 is 1.10 bits per heavy atom. The predicted molar refractivity (Wildman–Crippen MR) is 117 cm³/mol. The average molecular weight is 467 g/mol. The first kappa shape index (κ1) is 23.2. The third-order valence-electron chi connectivity index (χ3n) is 4.30. The molecule has 0 aliphatic carbocycles. The van der Waals surface area contributed by atoms with Gasteiger partial charge in [-0.05, 0) is 44.2 Å². The molecular formula is C21H21F3N4OS2. The van der Waals surface area contributed by atoms with E-state index in [9.17, 15) is 18.0 Å². The molecule has 2 aromatic carbocycles. The molecule has 1 heterocycles. The molecule has 1 amide bonds. The van der Waals surface area contributed by atoms with E-state index in [-0.39, 0.29) is 11.4 Å². The number of nitrogens with one attached hydrogen (secondary N) is 1. The van der Waals surface area contributed by atoms with Gasteiger partial charge >= 0.3 is 6.18 Å². The number of halogens is 3. The van der Waals surface area contributed by atoms with Crippen molar-refractivity contribution in [2.24, 2.45) is 0 Å². The van der Waals surface area contributed by atoms with Crippen LogP contribution >= 0.6 is 23.5 Å². The van der Waals surface area contributed by atoms with E-state index < -0.39 is 17.6 Å². The Morgan fingerprint density at radius 2 is 1.84 bits per heavy atom. The number of anilines is 1. The summed E-state index contributed by atoms with van der Waals surface area (Å²) < 4.78 is 40.4. The number of hydrogen-bond donors (Lipinski definition) is 1. The third kappa shape index (κ3) is 6.51. The zero-order valence-corrected chi connectivity index (χ0v) is 18.6. The molecule has 5 nitrogen and oxygen atoms in total. The molecule has 0 saturated carbocycles. The fourth-order valence-corrected chi connectivity index (χ4v) is 4.39. The van der Waals surface area contributed by atoms with Crippen molar-refractivity contribution < 1.29 is 18.0 Å². The second-order valence-electron chi connectivity index (χ2n) is 6.66.